The van der Waals surface area contributed by atoms with E-state index in [0.717, 1.165) is 15.0 Å². The lowest BCUT2D eigenvalue weighted by Crippen LogP contribution is -2.30. The summed E-state index contributed by atoms with van der Waals surface area (Å²) in [6.45, 7) is 1.94. The van der Waals surface area contributed by atoms with Gasteiger partial charge in [0.15, 0.2) is 5.11 Å². The molecule has 1 aromatic rings. The van der Waals surface area contributed by atoms with Gasteiger partial charge in [-0.05, 0) is 46.6 Å². The van der Waals surface area contributed by atoms with Crippen LogP contribution in [-0.4, -0.2) is 34.7 Å². The summed E-state index contributed by atoms with van der Waals surface area (Å²) in [4.78, 5) is 2.75. The minimum atomic E-state index is 0.573. The van der Waals surface area contributed by atoms with Crippen molar-refractivity contribution < 1.29 is 0 Å². The first-order valence-corrected chi connectivity index (χ1v) is 6.12. The normalized spacial score (nSPS) is 10.7. The summed E-state index contributed by atoms with van der Waals surface area (Å²) in [5, 5.41) is 4.59. The Labute approximate surface area is 107 Å². The van der Waals surface area contributed by atoms with E-state index >= 15 is 0 Å². The molecular weight excluding hydrogens is 296 g/mol. The highest BCUT2D eigenvalue weighted by Gasteiger charge is 2.04. The van der Waals surface area contributed by atoms with Crippen LogP contribution in [0.5, 0.6) is 0 Å². The largest absolute Gasteiger partial charge is 0.354 e. The molecule has 7 heteroatoms. The molecule has 4 nitrogen and oxygen atoms in total. The first kappa shape index (κ1) is 12.5. The van der Waals surface area contributed by atoms with Gasteiger partial charge in [-0.2, -0.15) is 9.47 Å². The van der Waals surface area contributed by atoms with Crippen molar-refractivity contribution in [3.8, 4) is 0 Å². The zero-order chi connectivity index (χ0) is 11.4. The monoisotopic (exact) mass is 306 g/mol. The molecule has 15 heavy (non-hydrogen) atoms. The topological polar surface area (TPSA) is 40.5 Å². The fourth-order valence-electron chi connectivity index (χ4n) is 0.702. The van der Waals surface area contributed by atoms with Gasteiger partial charge in [0.1, 0.15) is 0 Å². The number of hydrogen-bond acceptors (Lipinski definition) is 4. The van der Waals surface area contributed by atoms with Crippen molar-refractivity contribution in [2.75, 3.05) is 14.1 Å². The van der Waals surface area contributed by atoms with Gasteiger partial charge in [-0.25, -0.2) is 0 Å². The third-order valence-electron chi connectivity index (χ3n) is 1.56. The molecule has 1 aromatic heterocycles. The molecule has 0 aliphatic carbocycles. The average Bonchev–Trinajstić information content (AvgIpc) is 2.49. The number of thiocarbonyl (C=S) groups is 1. The first-order chi connectivity index (χ1) is 7.02. The lowest BCUT2D eigenvalue weighted by molar-refractivity contribution is 0.606. The molecule has 0 atom stereocenters. The number of rotatable bonds is 2. The van der Waals surface area contributed by atoms with E-state index in [1.165, 1.54) is 11.5 Å². The molecule has 0 amide bonds. The second-order valence-electron chi connectivity index (χ2n) is 3.02. The fourth-order valence-corrected chi connectivity index (χ4v) is 1.93. The lowest BCUT2D eigenvalue weighted by Gasteiger charge is -2.11. The summed E-state index contributed by atoms with van der Waals surface area (Å²) in [6, 6.07) is 0. The van der Waals surface area contributed by atoms with Gasteiger partial charge in [0.25, 0.3) is 0 Å². The Balaban J connectivity index is 2.59. The van der Waals surface area contributed by atoms with Crippen LogP contribution in [0.2, 0.25) is 0 Å². The summed E-state index contributed by atoms with van der Waals surface area (Å²) in [6.07, 6.45) is 1.70. The van der Waals surface area contributed by atoms with Gasteiger partial charge in [-0.15, -0.1) is 0 Å². The quantitative estimate of drug-likeness (QED) is 0.515. The Kier molecular flexibility index (Phi) is 4.62. The number of aromatic nitrogens is 1. The molecular formula is C8H11BrN4S2. The second kappa shape index (κ2) is 5.53. The van der Waals surface area contributed by atoms with Gasteiger partial charge >= 0.3 is 0 Å². The molecule has 0 spiro atoms. The molecule has 0 radical (unpaired) electrons. The maximum absolute atomic E-state index is 5.01. The maximum Gasteiger partial charge on any atom is 0.189 e. The van der Waals surface area contributed by atoms with Crippen LogP contribution >= 0.6 is 39.7 Å². The molecule has 0 bridgehead atoms. The summed E-state index contributed by atoms with van der Waals surface area (Å²) in [5.41, 5.74) is 3.72. The van der Waals surface area contributed by atoms with Crippen molar-refractivity contribution in [2.45, 2.75) is 6.92 Å². The summed E-state index contributed by atoms with van der Waals surface area (Å²) in [7, 11) is 3.72. The van der Waals surface area contributed by atoms with Gasteiger partial charge in [-0.3, -0.25) is 5.43 Å². The Morgan fingerprint density at radius 2 is 2.33 bits per heavy atom. The molecule has 1 rings (SSSR count). The predicted molar refractivity (Wildman–Crippen MR) is 71.6 cm³/mol. The van der Waals surface area contributed by atoms with Crippen LogP contribution in [0.1, 0.15) is 10.6 Å². The average molecular weight is 307 g/mol. The maximum atomic E-state index is 5.01. The third-order valence-corrected chi connectivity index (χ3v) is 4.15. The van der Waals surface area contributed by atoms with Crippen LogP contribution in [0, 0.1) is 6.92 Å². The van der Waals surface area contributed by atoms with E-state index in [-0.39, 0.29) is 0 Å². The van der Waals surface area contributed by atoms with E-state index in [2.05, 4.69) is 30.8 Å². The minimum absolute atomic E-state index is 0.573. The second-order valence-corrected chi connectivity index (χ2v) is 5.00. The van der Waals surface area contributed by atoms with Crippen LogP contribution < -0.4 is 5.43 Å². The Bertz CT molecular complexity index is 386. The van der Waals surface area contributed by atoms with Crippen molar-refractivity contribution in [1.82, 2.24) is 14.7 Å². The van der Waals surface area contributed by atoms with E-state index in [1.807, 2.05) is 21.0 Å². The van der Waals surface area contributed by atoms with Crippen LogP contribution in [0.25, 0.3) is 0 Å². The lowest BCUT2D eigenvalue weighted by atomic mass is 10.4. The minimum Gasteiger partial charge on any atom is -0.354 e. The van der Waals surface area contributed by atoms with Crippen LogP contribution in [0.3, 0.4) is 0 Å². The molecule has 0 aliphatic heterocycles. The highest BCUT2D eigenvalue weighted by Crippen LogP contribution is 2.22. The predicted octanol–water partition coefficient (Wildman–Crippen LogP) is 1.98. The Hall–Kier alpha value is -0.530. The zero-order valence-electron chi connectivity index (χ0n) is 8.61. The first-order valence-electron chi connectivity index (χ1n) is 4.14. The molecule has 0 fully saturated rings. The smallest absolute Gasteiger partial charge is 0.189 e. The van der Waals surface area contributed by atoms with Crippen LogP contribution in [0.15, 0.2) is 9.57 Å². The number of nitrogens with one attached hydrogen (secondary N) is 1. The fraction of sp³-hybridized carbons (Fsp3) is 0.375. The van der Waals surface area contributed by atoms with Gasteiger partial charge in [0, 0.05) is 14.1 Å². The van der Waals surface area contributed by atoms with E-state index in [0.29, 0.717) is 5.11 Å². The molecule has 0 unspecified atom stereocenters. The molecule has 1 heterocycles. The van der Waals surface area contributed by atoms with Crippen molar-refractivity contribution in [2.24, 2.45) is 5.10 Å². The van der Waals surface area contributed by atoms with Crippen LogP contribution in [-0.2, 0) is 0 Å². The van der Waals surface area contributed by atoms with Gasteiger partial charge < -0.3 is 4.90 Å². The number of hydrazone groups is 1. The standard InChI is InChI=1S/C8H11BrN4S2/c1-5-7(9)6(15-12-5)4-10-11-8(14)13(2)3/h4H,1-3H3,(H,11,14)/b10-4+. The summed E-state index contributed by atoms with van der Waals surface area (Å²) >= 11 is 9.83. The van der Waals surface area contributed by atoms with Gasteiger partial charge in [0.2, 0.25) is 0 Å². The third kappa shape index (κ3) is 3.51. The Morgan fingerprint density at radius 1 is 1.67 bits per heavy atom. The number of nitrogens with zero attached hydrogens (tertiary/aromatic N) is 3. The SMILES string of the molecule is Cc1nsc(/C=N/NC(=S)N(C)C)c1Br. The van der Waals surface area contributed by atoms with E-state index in [1.54, 1.807) is 11.1 Å². The number of hydrogen-bond donors (Lipinski definition) is 1. The summed E-state index contributed by atoms with van der Waals surface area (Å²) in [5.74, 6) is 0. The summed E-state index contributed by atoms with van der Waals surface area (Å²) < 4.78 is 5.16. The van der Waals surface area contributed by atoms with Crippen molar-refractivity contribution in [1.29, 1.82) is 0 Å². The number of halogens is 1. The van der Waals surface area contributed by atoms with E-state index in [4.69, 9.17) is 12.2 Å². The zero-order valence-corrected chi connectivity index (χ0v) is 11.8. The molecule has 0 aromatic carbocycles. The van der Waals surface area contributed by atoms with E-state index < -0.39 is 0 Å². The highest BCUT2D eigenvalue weighted by molar-refractivity contribution is 9.10. The molecule has 0 aliphatic rings. The van der Waals surface area contributed by atoms with E-state index in [9.17, 15) is 0 Å². The van der Waals surface area contributed by atoms with Gasteiger partial charge in [-0.1, -0.05) is 0 Å². The van der Waals surface area contributed by atoms with Crippen molar-refractivity contribution in [3.05, 3.63) is 15.0 Å². The van der Waals surface area contributed by atoms with Crippen molar-refractivity contribution in [3.63, 3.8) is 0 Å². The Morgan fingerprint density at radius 3 is 2.80 bits per heavy atom. The van der Waals surface area contributed by atoms with Crippen molar-refractivity contribution >= 4 is 51.0 Å². The molecule has 0 saturated heterocycles. The molecule has 1 N–H and O–H groups in total. The van der Waals surface area contributed by atoms with Gasteiger partial charge in [0.05, 0.1) is 21.3 Å². The highest BCUT2D eigenvalue weighted by atomic mass is 79.9. The molecule has 0 saturated carbocycles. The van der Waals surface area contributed by atoms with Crippen LogP contribution in [0.4, 0.5) is 0 Å². The molecule has 82 valence electrons. The number of aryl methyl sites for hydroxylation is 1.